The van der Waals surface area contributed by atoms with Crippen LogP contribution < -0.4 is 16.8 Å². The van der Waals surface area contributed by atoms with Crippen LogP contribution in [0.1, 0.15) is 50.7 Å². The highest BCUT2D eigenvalue weighted by molar-refractivity contribution is 5.93. The first-order valence-corrected chi connectivity index (χ1v) is 11.9. The summed E-state index contributed by atoms with van der Waals surface area (Å²) in [5.74, 6) is -1.71. The molecule has 1 aliphatic heterocycles. The first kappa shape index (κ1) is 24.5. The summed E-state index contributed by atoms with van der Waals surface area (Å²) in [7, 11) is 0. The van der Waals surface area contributed by atoms with Gasteiger partial charge in [0.05, 0.1) is 11.0 Å². The first-order chi connectivity index (χ1) is 16.6. The largest absolute Gasteiger partial charge is 0.369 e. The number of nitrogens with two attached hydrogens (primary N) is 2. The molecule has 1 aliphatic rings. The SMILES string of the molecule is CCC(=O)N1CCC(C(N)=O)(c2ccccc2)C(c2c[nH]c3ccccc23)C1NC(=O)C(C)(C)N. The summed E-state index contributed by atoms with van der Waals surface area (Å²) in [6.07, 6.45) is 1.59. The Labute approximate surface area is 205 Å². The molecule has 184 valence electrons. The van der Waals surface area contributed by atoms with Crippen LogP contribution in [0.15, 0.2) is 60.8 Å². The van der Waals surface area contributed by atoms with Crippen LogP contribution in [0.5, 0.6) is 0 Å². The van der Waals surface area contributed by atoms with Gasteiger partial charge in [0.1, 0.15) is 6.17 Å². The number of nitrogens with one attached hydrogen (secondary N) is 2. The zero-order chi connectivity index (χ0) is 25.4. The van der Waals surface area contributed by atoms with E-state index in [0.29, 0.717) is 6.42 Å². The van der Waals surface area contributed by atoms with Gasteiger partial charge in [-0.25, -0.2) is 0 Å². The summed E-state index contributed by atoms with van der Waals surface area (Å²) in [6, 6.07) is 17.1. The molecular formula is C27H33N5O3. The van der Waals surface area contributed by atoms with Crippen LogP contribution in [-0.2, 0) is 19.8 Å². The number of hydrogen-bond donors (Lipinski definition) is 4. The molecule has 0 saturated carbocycles. The zero-order valence-electron chi connectivity index (χ0n) is 20.4. The molecule has 1 saturated heterocycles. The Kier molecular flexibility index (Phi) is 6.42. The van der Waals surface area contributed by atoms with Gasteiger partial charge in [0.2, 0.25) is 17.7 Å². The molecule has 0 radical (unpaired) electrons. The van der Waals surface area contributed by atoms with E-state index in [0.717, 1.165) is 22.0 Å². The van der Waals surface area contributed by atoms with Gasteiger partial charge >= 0.3 is 0 Å². The van der Waals surface area contributed by atoms with Gasteiger partial charge in [-0.15, -0.1) is 0 Å². The van der Waals surface area contributed by atoms with Crippen molar-refractivity contribution in [3.8, 4) is 0 Å². The van der Waals surface area contributed by atoms with Gasteiger partial charge < -0.3 is 26.7 Å². The van der Waals surface area contributed by atoms with Crippen LogP contribution in [-0.4, -0.2) is 45.9 Å². The Balaban J connectivity index is 2.01. The molecule has 6 N–H and O–H groups in total. The van der Waals surface area contributed by atoms with E-state index in [9.17, 15) is 14.4 Å². The molecule has 0 spiro atoms. The highest BCUT2D eigenvalue weighted by atomic mass is 16.2. The standard InChI is InChI=1S/C27H33N5O3/c1-4-21(33)32-15-14-27(24(28)34,17-10-6-5-7-11-17)22(23(32)31-25(35)26(2,3)29)19-16-30-20-13-9-8-12-18(19)20/h5-13,16,22-23,30H,4,14-15,29H2,1-3H3,(H2,28,34)(H,31,35). The lowest BCUT2D eigenvalue weighted by Gasteiger charge is -2.52. The van der Waals surface area contributed by atoms with Crippen molar-refractivity contribution in [2.45, 2.75) is 56.7 Å². The number of fused-ring (bicyclic) bond motifs is 1. The number of nitrogens with zero attached hydrogens (tertiary/aromatic N) is 1. The summed E-state index contributed by atoms with van der Waals surface area (Å²) in [4.78, 5) is 44.7. The van der Waals surface area contributed by atoms with Gasteiger partial charge in [0, 0.05) is 36.0 Å². The predicted molar refractivity (Wildman–Crippen MR) is 135 cm³/mol. The van der Waals surface area contributed by atoms with E-state index >= 15 is 0 Å². The molecule has 4 rings (SSSR count). The Morgan fingerprint density at radius 3 is 2.40 bits per heavy atom. The number of benzene rings is 2. The third-order valence-corrected chi connectivity index (χ3v) is 7.10. The van der Waals surface area contributed by atoms with E-state index < -0.39 is 34.9 Å². The number of rotatable bonds is 6. The highest BCUT2D eigenvalue weighted by Crippen LogP contribution is 2.49. The second-order valence-electron chi connectivity index (χ2n) is 9.80. The van der Waals surface area contributed by atoms with Crippen molar-refractivity contribution < 1.29 is 14.4 Å². The van der Waals surface area contributed by atoms with Crippen molar-refractivity contribution in [3.63, 3.8) is 0 Å². The molecule has 2 heterocycles. The number of H-pyrrole nitrogens is 1. The number of hydrogen-bond acceptors (Lipinski definition) is 4. The van der Waals surface area contributed by atoms with E-state index in [1.807, 2.05) is 60.8 Å². The fourth-order valence-electron chi connectivity index (χ4n) is 5.27. The number of aromatic amines is 1. The minimum atomic E-state index is -1.19. The average Bonchev–Trinajstić information content (AvgIpc) is 3.26. The fourth-order valence-corrected chi connectivity index (χ4v) is 5.27. The molecule has 0 bridgehead atoms. The van der Waals surface area contributed by atoms with E-state index in [4.69, 9.17) is 11.5 Å². The number of aromatic nitrogens is 1. The highest BCUT2D eigenvalue weighted by Gasteiger charge is 2.56. The number of amides is 3. The average molecular weight is 476 g/mol. The summed E-state index contributed by atoms with van der Waals surface area (Å²) in [5.41, 5.74) is 12.4. The first-order valence-electron chi connectivity index (χ1n) is 11.9. The van der Waals surface area contributed by atoms with E-state index in [1.165, 1.54) is 0 Å². The monoisotopic (exact) mass is 475 g/mol. The molecule has 1 aromatic heterocycles. The van der Waals surface area contributed by atoms with E-state index in [1.54, 1.807) is 25.7 Å². The van der Waals surface area contributed by atoms with Crippen LogP contribution in [0, 0.1) is 0 Å². The lowest BCUT2D eigenvalue weighted by molar-refractivity contribution is -0.144. The van der Waals surface area contributed by atoms with Crippen molar-refractivity contribution in [1.29, 1.82) is 0 Å². The number of carbonyl (C=O) groups is 3. The van der Waals surface area contributed by atoms with Gasteiger partial charge in [-0.05, 0) is 37.5 Å². The topological polar surface area (TPSA) is 134 Å². The Morgan fingerprint density at radius 2 is 1.77 bits per heavy atom. The Hall–Kier alpha value is -3.65. The summed E-state index contributed by atoms with van der Waals surface area (Å²) in [6.45, 7) is 5.26. The van der Waals surface area contributed by atoms with Gasteiger partial charge in [-0.2, -0.15) is 0 Å². The van der Waals surface area contributed by atoms with Crippen molar-refractivity contribution in [2.75, 3.05) is 6.54 Å². The van der Waals surface area contributed by atoms with Crippen LogP contribution in [0.2, 0.25) is 0 Å². The number of piperidine rings is 1. The summed E-state index contributed by atoms with van der Waals surface area (Å²) < 4.78 is 0. The number of primary amides is 1. The molecule has 3 amide bonds. The van der Waals surface area contributed by atoms with E-state index in [2.05, 4.69) is 10.3 Å². The number of para-hydroxylation sites is 1. The summed E-state index contributed by atoms with van der Waals surface area (Å²) in [5, 5.41) is 3.93. The summed E-state index contributed by atoms with van der Waals surface area (Å²) >= 11 is 0. The van der Waals surface area contributed by atoms with Crippen molar-refractivity contribution in [2.24, 2.45) is 11.5 Å². The zero-order valence-corrected chi connectivity index (χ0v) is 20.4. The van der Waals surface area contributed by atoms with Crippen LogP contribution in [0.3, 0.4) is 0 Å². The maximum atomic E-state index is 13.5. The predicted octanol–water partition coefficient (Wildman–Crippen LogP) is 2.50. The Bertz CT molecular complexity index is 1250. The molecule has 0 aliphatic carbocycles. The molecule has 1 fully saturated rings. The smallest absolute Gasteiger partial charge is 0.241 e. The molecular weight excluding hydrogens is 442 g/mol. The lowest BCUT2D eigenvalue weighted by atomic mass is 9.61. The van der Waals surface area contributed by atoms with Crippen LogP contribution in [0.4, 0.5) is 0 Å². The second-order valence-corrected chi connectivity index (χ2v) is 9.80. The van der Waals surface area contributed by atoms with Crippen molar-refractivity contribution >= 4 is 28.6 Å². The molecule has 8 heteroatoms. The van der Waals surface area contributed by atoms with Crippen LogP contribution >= 0.6 is 0 Å². The van der Waals surface area contributed by atoms with Gasteiger partial charge in [0.25, 0.3) is 0 Å². The quantitative estimate of drug-likeness (QED) is 0.436. The second kappa shape index (κ2) is 9.19. The molecule has 8 nitrogen and oxygen atoms in total. The van der Waals surface area contributed by atoms with Crippen molar-refractivity contribution in [3.05, 3.63) is 71.9 Å². The van der Waals surface area contributed by atoms with Gasteiger partial charge in [0.15, 0.2) is 0 Å². The molecule has 35 heavy (non-hydrogen) atoms. The Morgan fingerprint density at radius 1 is 1.11 bits per heavy atom. The fraction of sp³-hybridized carbons (Fsp3) is 0.370. The normalized spacial score (nSPS) is 22.7. The minimum Gasteiger partial charge on any atom is -0.369 e. The van der Waals surface area contributed by atoms with Gasteiger partial charge in [-0.3, -0.25) is 14.4 Å². The third-order valence-electron chi connectivity index (χ3n) is 7.10. The maximum Gasteiger partial charge on any atom is 0.241 e. The van der Waals surface area contributed by atoms with E-state index in [-0.39, 0.29) is 18.9 Å². The molecule has 3 atom stereocenters. The molecule has 3 unspecified atom stereocenters. The maximum absolute atomic E-state index is 13.5. The third kappa shape index (κ3) is 4.18. The number of carbonyl (C=O) groups excluding carboxylic acids is 3. The lowest BCUT2D eigenvalue weighted by Crippen LogP contribution is -2.67. The minimum absolute atomic E-state index is 0.124. The molecule has 3 aromatic rings. The van der Waals surface area contributed by atoms with Crippen molar-refractivity contribution in [1.82, 2.24) is 15.2 Å². The molecule has 2 aromatic carbocycles. The van der Waals surface area contributed by atoms with Crippen LogP contribution in [0.25, 0.3) is 10.9 Å². The number of likely N-dealkylation sites (tertiary alicyclic amines) is 1. The van der Waals surface area contributed by atoms with Gasteiger partial charge in [-0.1, -0.05) is 55.5 Å².